The van der Waals surface area contributed by atoms with E-state index >= 15 is 0 Å². The first-order valence-electron chi connectivity index (χ1n) is 1.51. The van der Waals surface area contributed by atoms with Crippen LogP contribution in [0.3, 0.4) is 0 Å². The summed E-state index contributed by atoms with van der Waals surface area (Å²) in [6.07, 6.45) is 1.11. The Kier molecular flexibility index (Phi) is 8.16. The minimum Gasteiger partial charge on any atom is -0.540 e. The van der Waals surface area contributed by atoms with Crippen LogP contribution in [0.1, 0.15) is 0 Å². The van der Waals surface area contributed by atoms with Crippen molar-refractivity contribution in [2.24, 2.45) is 0 Å². The summed E-state index contributed by atoms with van der Waals surface area (Å²) in [7, 11) is 1.31. The van der Waals surface area contributed by atoms with Gasteiger partial charge in [0.05, 0.1) is 0 Å². The fraction of sp³-hybridized carbons (Fsp3) is 0. The number of hydrogen-bond donors (Lipinski definition) is 0. The van der Waals surface area contributed by atoms with Crippen molar-refractivity contribution in [3.63, 3.8) is 0 Å². The molecule has 0 aromatic heterocycles. The van der Waals surface area contributed by atoms with E-state index in [0.29, 0.717) is 0 Å². The molecule has 0 aliphatic rings. The maximum absolute atomic E-state index is 9.84. The summed E-state index contributed by atoms with van der Waals surface area (Å²) < 4.78 is 4.14. The molecule has 42 valence electrons. The van der Waals surface area contributed by atoms with Gasteiger partial charge >= 0.3 is 14.0 Å². The molecular formula is C3H5BNiO2. The minimum absolute atomic E-state index is 0. The van der Waals surface area contributed by atoms with E-state index in [1.807, 2.05) is 0 Å². The number of hydrogen-bond acceptors (Lipinski definition) is 2. The van der Waals surface area contributed by atoms with Crippen LogP contribution >= 0.6 is 0 Å². The van der Waals surface area contributed by atoms with Gasteiger partial charge in [0.2, 0.25) is 0 Å². The molecule has 0 saturated heterocycles. The predicted molar refractivity (Wildman–Crippen MR) is 24.8 cm³/mol. The van der Waals surface area contributed by atoms with E-state index in [1.165, 1.54) is 8.05 Å². The van der Waals surface area contributed by atoms with Gasteiger partial charge in [-0.2, -0.15) is 0 Å². The summed E-state index contributed by atoms with van der Waals surface area (Å²) in [5, 5.41) is 0. The van der Waals surface area contributed by atoms with E-state index in [1.54, 1.807) is 0 Å². The summed E-state index contributed by atoms with van der Waals surface area (Å²) in [6.45, 7) is 3.16. The molecule has 0 radical (unpaired) electrons. The van der Waals surface area contributed by atoms with Crippen LogP contribution in [0, 0.1) is 0 Å². The van der Waals surface area contributed by atoms with E-state index in [4.69, 9.17) is 0 Å². The molecule has 4 heteroatoms. The van der Waals surface area contributed by atoms with Crippen LogP contribution in [0.15, 0.2) is 12.7 Å². The number of carbonyl (C=O) groups excluding carboxylic acids is 1. The van der Waals surface area contributed by atoms with Crippen LogP contribution in [-0.4, -0.2) is 14.0 Å². The van der Waals surface area contributed by atoms with Crippen molar-refractivity contribution in [1.82, 2.24) is 0 Å². The Balaban J connectivity index is 0. The van der Waals surface area contributed by atoms with Gasteiger partial charge in [-0.1, -0.05) is 6.58 Å². The predicted octanol–water partition coefficient (Wildman–Crippen LogP) is -0.739. The fourth-order valence-corrected chi connectivity index (χ4v) is 0.0833. The Morgan fingerprint density at radius 2 is 2.29 bits per heavy atom. The molecule has 0 spiro atoms. The summed E-state index contributed by atoms with van der Waals surface area (Å²) in [5.41, 5.74) is 0. The molecule has 0 aliphatic heterocycles. The van der Waals surface area contributed by atoms with Crippen LogP contribution in [0.2, 0.25) is 0 Å². The topological polar surface area (TPSA) is 26.3 Å². The van der Waals surface area contributed by atoms with Crippen molar-refractivity contribution in [3.8, 4) is 0 Å². The molecule has 0 saturated carbocycles. The molecular weight excluding hydrogens is 138 g/mol. The molecule has 7 heavy (non-hydrogen) atoms. The zero-order valence-corrected chi connectivity index (χ0v) is 4.90. The monoisotopic (exact) mass is 142 g/mol. The Morgan fingerprint density at radius 1 is 1.86 bits per heavy atom. The second-order valence-corrected chi connectivity index (χ2v) is 0.727. The van der Waals surface area contributed by atoms with Gasteiger partial charge in [0.1, 0.15) is 0 Å². The molecule has 0 atom stereocenters. The summed E-state index contributed by atoms with van der Waals surface area (Å²) >= 11 is 0. The van der Waals surface area contributed by atoms with Gasteiger partial charge in [-0.3, -0.25) is 0 Å². The first kappa shape index (κ1) is 9.90. The third-order valence-electron chi connectivity index (χ3n) is 0.368. The fourth-order valence-electron chi connectivity index (χ4n) is 0.0833. The van der Waals surface area contributed by atoms with Gasteiger partial charge < -0.3 is 4.65 Å². The van der Waals surface area contributed by atoms with Gasteiger partial charge in [0.15, 0.2) is 0 Å². The zero-order chi connectivity index (χ0) is 4.99. The molecule has 0 aliphatic carbocycles. The van der Waals surface area contributed by atoms with E-state index in [-0.39, 0.29) is 16.5 Å². The third kappa shape index (κ3) is 5.77. The molecule has 2 nitrogen and oxygen atoms in total. The van der Waals surface area contributed by atoms with Crippen molar-refractivity contribution in [2.45, 2.75) is 0 Å². The normalized spacial score (nSPS) is 5.71. The average molecular weight is 143 g/mol. The molecule has 0 amide bonds. The molecule has 0 unspecified atom stereocenters. The smallest absolute Gasteiger partial charge is 0.326 e. The first-order valence-corrected chi connectivity index (χ1v) is 1.51. The summed E-state index contributed by atoms with van der Waals surface area (Å²) in [4.78, 5) is 9.84. The maximum atomic E-state index is 9.84. The third-order valence-corrected chi connectivity index (χ3v) is 0.368. The molecule has 0 N–H and O–H groups in total. The Labute approximate surface area is 53.3 Å². The second-order valence-electron chi connectivity index (χ2n) is 0.727. The summed E-state index contributed by atoms with van der Waals surface area (Å²) in [5.74, 6) is -0.394. The Bertz CT molecular complexity index is 73.3. The Morgan fingerprint density at radius 3 is 2.29 bits per heavy atom. The molecule has 0 aromatic carbocycles. The first-order chi connectivity index (χ1) is 2.81. The quantitative estimate of drug-likeness (QED) is 0.356. The second kappa shape index (κ2) is 5.77. The van der Waals surface area contributed by atoms with E-state index in [0.717, 1.165) is 6.08 Å². The van der Waals surface area contributed by atoms with Crippen molar-refractivity contribution in [1.29, 1.82) is 0 Å². The van der Waals surface area contributed by atoms with Crippen LogP contribution in [-0.2, 0) is 25.9 Å². The molecule has 0 rings (SSSR count). The van der Waals surface area contributed by atoms with E-state index in [2.05, 4.69) is 11.2 Å². The van der Waals surface area contributed by atoms with Crippen molar-refractivity contribution in [2.75, 3.05) is 0 Å². The van der Waals surface area contributed by atoms with E-state index in [9.17, 15) is 4.79 Å². The molecule has 0 fully saturated rings. The van der Waals surface area contributed by atoms with Gasteiger partial charge in [-0.15, -0.1) is 0 Å². The Hall–Kier alpha value is -0.232. The zero-order valence-electron chi connectivity index (χ0n) is 3.92. The van der Waals surface area contributed by atoms with Crippen molar-refractivity contribution < 1.29 is 25.9 Å². The number of carbonyl (C=O) groups is 1. The van der Waals surface area contributed by atoms with Crippen LogP contribution in [0.5, 0.6) is 0 Å². The summed E-state index contributed by atoms with van der Waals surface area (Å²) in [6, 6.07) is 0. The largest absolute Gasteiger partial charge is 0.540 e. The van der Waals surface area contributed by atoms with Gasteiger partial charge in [-0.05, 0) is 0 Å². The minimum atomic E-state index is -0.394. The van der Waals surface area contributed by atoms with Crippen LogP contribution in [0.25, 0.3) is 0 Å². The van der Waals surface area contributed by atoms with E-state index < -0.39 is 5.97 Å². The molecule has 0 aromatic rings. The van der Waals surface area contributed by atoms with Gasteiger partial charge in [0.25, 0.3) is 0 Å². The molecule has 0 bridgehead atoms. The van der Waals surface area contributed by atoms with Gasteiger partial charge in [-0.25, -0.2) is 4.79 Å². The average Bonchev–Trinajstić information content (AvgIpc) is 1.65. The standard InChI is InChI=1S/C3H5BO2.Ni/c1-2-3(5)6-4;/h2H,1,4H2;. The van der Waals surface area contributed by atoms with Crippen LogP contribution in [0.4, 0.5) is 0 Å². The SMILES string of the molecule is BOC(=O)C=C.[Ni]. The van der Waals surface area contributed by atoms with Gasteiger partial charge in [0, 0.05) is 22.6 Å². The van der Waals surface area contributed by atoms with Crippen molar-refractivity contribution >= 4 is 14.0 Å². The van der Waals surface area contributed by atoms with Crippen molar-refractivity contribution in [3.05, 3.63) is 12.7 Å². The van der Waals surface area contributed by atoms with Crippen LogP contribution < -0.4 is 0 Å². The number of rotatable bonds is 1. The molecule has 0 heterocycles. The maximum Gasteiger partial charge on any atom is 0.326 e.